The number of amides is 1. The minimum Gasteiger partial charge on any atom is -0.492 e. The Morgan fingerprint density at radius 2 is 1.72 bits per heavy atom. The number of ether oxygens (including phenoxy) is 1. The third-order valence-electron chi connectivity index (χ3n) is 5.16. The summed E-state index contributed by atoms with van der Waals surface area (Å²) in [6.45, 7) is 5.62. The van der Waals surface area contributed by atoms with Gasteiger partial charge in [0.25, 0.3) is 0 Å². The van der Waals surface area contributed by atoms with Crippen LogP contribution in [0.15, 0.2) is 78.9 Å². The molecule has 0 aliphatic rings. The highest BCUT2D eigenvalue weighted by atomic mass is 16.5. The summed E-state index contributed by atoms with van der Waals surface area (Å²) in [5.41, 5.74) is 5.28. The highest BCUT2D eigenvalue weighted by molar-refractivity contribution is 5.91. The molecule has 0 saturated heterocycles. The van der Waals surface area contributed by atoms with Gasteiger partial charge >= 0.3 is 0 Å². The second-order valence-electron chi connectivity index (χ2n) is 7.80. The van der Waals surface area contributed by atoms with Crippen molar-refractivity contribution in [2.75, 3.05) is 6.61 Å². The molecule has 0 bridgehead atoms. The Labute approximate surface area is 188 Å². The molecule has 162 valence electrons. The topological polar surface area (TPSA) is 56.1 Å². The molecule has 0 spiro atoms. The van der Waals surface area contributed by atoms with Crippen molar-refractivity contribution < 1.29 is 9.53 Å². The van der Waals surface area contributed by atoms with Gasteiger partial charge in [0, 0.05) is 6.08 Å². The van der Waals surface area contributed by atoms with Crippen LogP contribution in [0.25, 0.3) is 17.1 Å². The number of carbonyl (C=O) groups is 1. The van der Waals surface area contributed by atoms with E-state index in [4.69, 9.17) is 9.72 Å². The lowest BCUT2D eigenvalue weighted by molar-refractivity contribution is -0.116. The zero-order valence-corrected chi connectivity index (χ0v) is 18.4. The first-order chi connectivity index (χ1) is 15.6. The Bertz CT molecular complexity index is 1220. The molecule has 0 atom stereocenters. The van der Waals surface area contributed by atoms with Crippen molar-refractivity contribution >= 4 is 23.0 Å². The van der Waals surface area contributed by atoms with Crippen molar-refractivity contribution in [1.29, 1.82) is 0 Å². The van der Waals surface area contributed by atoms with Crippen LogP contribution < -0.4 is 10.1 Å². The molecule has 3 aromatic carbocycles. The molecule has 0 aliphatic carbocycles. The fourth-order valence-corrected chi connectivity index (χ4v) is 3.74. The number of nitrogens with one attached hydrogen (secondary N) is 1. The Hall–Kier alpha value is -3.86. The van der Waals surface area contributed by atoms with Crippen molar-refractivity contribution in [2.24, 2.45) is 0 Å². The quantitative estimate of drug-likeness (QED) is 0.402. The fourth-order valence-electron chi connectivity index (χ4n) is 3.74. The molecule has 0 aliphatic heterocycles. The number of carbonyl (C=O) groups excluding carboxylic acids is 1. The number of nitrogens with zero attached hydrogens (tertiary/aromatic N) is 2. The van der Waals surface area contributed by atoms with Crippen LogP contribution in [0.5, 0.6) is 5.75 Å². The molecule has 5 heteroatoms. The van der Waals surface area contributed by atoms with Crippen molar-refractivity contribution in [1.82, 2.24) is 14.9 Å². The number of aryl methyl sites for hydroxylation is 2. The van der Waals surface area contributed by atoms with Crippen LogP contribution >= 0.6 is 0 Å². The van der Waals surface area contributed by atoms with Gasteiger partial charge in [-0.25, -0.2) is 4.98 Å². The summed E-state index contributed by atoms with van der Waals surface area (Å²) in [6, 6.07) is 24.0. The van der Waals surface area contributed by atoms with Crippen molar-refractivity contribution in [3.63, 3.8) is 0 Å². The molecule has 1 amide bonds. The molecule has 0 unspecified atom stereocenters. The summed E-state index contributed by atoms with van der Waals surface area (Å²) in [5.74, 6) is 1.52. The molecule has 0 radical (unpaired) electrons. The number of fused-ring (bicyclic) bond motifs is 1. The maximum atomic E-state index is 12.3. The highest BCUT2D eigenvalue weighted by Crippen LogP contribution is 2.18. The van der Waals surface area contributed by atoms with E-state index in [1.807, 2.05) is 66.7 Å². The van der Waals surface area contributed by atoms with Crippen molar-refractivity contribution in [3.05, 3.63) is 101 Å². The Morgan fingerprint density at radius 1 is 1.00 bits per heavy atom. The molecule has 32 heavy (non-hydrogen) atoms. The summed E-state index contributed by atoms with van der Waals surface area (Å²) >= 11 is 0. The van der Waals surface area contributed by atoms with Gasteiger partial charge < -0.3 is 14.6 Å². The van der Waals surface area contributed by atoms with E-state index in [1.165, 1.54) is 11.1 Å². The van der Waals surface area contributed by atoms with E-state index in [2.05, 4.69) is 29.8 Å². The number of rotatable bonds is 8. The van der Waals surface area contributed by atoms with Crippen molar-refractivity contribution in [2.45, 2.75) is 26.9 Å². The number of imidazole rings is 1. The van der Waals surface area contributed by atoms with E-state index in [9.17, 15) is 4.79 Å². The first-order valence-electron chi connectivity index (χ1n) is 10.7. The van der Waals surface area contributed by atoms with E-state index in [-0.39, 0.29) is 5.91 Å². The number of aromatic nitrogens is 2. The van der Waals surface area contributed by atoms with Gasteiger partial charge in [-0.05, 0) is 60.9 Å². The van der Waals surface area contributed by atoms with Gasteiger partial charge in [-0.15, -0.1) is 0 Å². The average molecular weight is 426 g/mol. The lowest BCUT2D eigenvalue weighted by Crippen LogP contribution is -2.23. The van der Waals surface area contributed by atoms with E-state index in [0.29, 0.717) is 19.7 Å². The van der Waals surface area contributed by atoms with Gasteiger partial charge in [0.05, 0.1) is 24.1 Å². The second kappa shape index (κ2) is 9.96. The van der Waals surface area contributed by atoms with Crippen LogP contribution in [-0.4, -0.2) is 22.1 Å². The molecule has 4 rings (SSSR count). The van der Waals surface area contributed by atoms with Crippen LogP contribution in [0.2, 0.25) is 0 Å². The standard InChI is InChI=1S/C27H27N3O2/c1-20-16-21(2)18-23(17-20)32-15-14-30-25-11-7-6-10-24(25)29-26(30)19-28-27(31)13-12-22-8-4-3-5-9-22/h3-13,16-18H,14-15,19H2,1-2H3,(H,28,31)/b13-12-. The smallest absolute Gasteiger partial charge is 0.244 e. The van der Waals surface area contributed by atoms with E-state index in [1.54, 1.807) is 12.2 Å². The zero-order chi connectivity index (χ0) is 22.3. The molecule has 1 heterocycles. The molecular weight excluding hydrogens is 398 g/mol. The Kier molecular flexibility index (Phi) is 6.66. The molecule has 1 N–H and O–H groups in total. The van der Waals surface area contributed by atoms with Crippen LogP contribution in [-0.2, 0) is 17.9 Å². The van der Waals surface area contributed by atoms with Gasteiger partial charge in [-0.1, -0.05) is 48.5 Å². The first kappa shape index (κ1) is 21.4. The van der Waals surface area contributed by atoms with E-state index >= 15 is 0 Å². The highest BCUT2D eigenvalue weighted by Gasteiger charge is 2.11. The minimum absolute atomic E-state index is 0.154. The van der Waals surface area contributed by atoms with Gasteiger partial charge in [0.2, 0.25) is 5.91 Å². The largest absolute Gasteiger partial charge is 0.492 e. The summed E-state index contributed by atoms with van der Waals surface area (Å²) in [5, 5.41) is 2.94. The third-order valence-corrected chi connectivity index (χ3v) is 5.16. The van der Waals surface area contributed by atoms with E-state index in [0.717, 1.165) is 28.2 Å². The molecule has 1 aromatic heterocycles. The second-order valence-corrected chi connectivity index (χ2v) is 7.80. The van der Waals surface area contributed by atoms with Crippen LogP contribution in [0.1, 0.15) is 22.5 Å². The van der Waals surface area contributed by atoms with Crippen LogP contribution in [0.4, 0.5) is 0 Å². The SMILES string of the molecule is Cc1cc(C)cc(OCCn2c(CNC(=O)/C=C\c3ccccc3)nc3ccccc32)c1. The maximum Gasteiger partial charge on any atom is 0.244 e. The maximum absolute atomic E-state index is 12.3. The zero-order valence-electron chi connectivity index (χ0n) is 18.4. The summed E-state index contributed by atoms with van der Waals surface area (Å²) in [4.78, 5) is 17.0. The van der Waals surface area contributed by atoms with Gasteiger partial charge in [-0.3, -0.25) is 4.79 Å². The van der Waals surface area contributed by atoms with Crippen LogP contribution in [0.3, 0.4) is 0 Å². The van der Waals surface area contributed by atoms with Crippen LogP contribution in [0, 0.1) is 13.8 Å². The lowest BCUT2D eigenvalue weighted by Gasteiger charge is -2.12. The predicted molar refractivity (Wildman–Crippen MR) is 128 cm³/mol. The Morgan fingerprint density at radius 3 is 2.50 bits per heavy atom. The molecule has 0 saturated carbocycles. The normalized spacial score (nSPS) is 11.2. The summed E-state index contributed by atoms with van der Waals surface area (Å²) in [6.07, 6.45) is 3.35. The molecule has 5 nitrogen and oxygen atoms in total. The van der Waals surface area contributed by atoms with Gasteiger partial charge in [-0.2, -0.15) is 0 Å². The number of benzene rings is 3. The lowest BCUT2D eigenvalue weighted by atomic mass is 10.1. The molecule has 0 fully saturated rings. The summed E-state index contributed by atoms with van der Waals surface area (Å²) < 4.78 is 8.12. The minimum atomic E-state index is -0.154. The Balaban J connectivity index is 1.44. The summed E-state index contributed by atoms with van der Waals surface area (Å²) in [7, 11) is 0. The number of hydrogen-bond acceptors (Lipinski definition) is 3. The average Bonchev–Trinajstić information content (AvgIpc) is 3.14. The predicted octanol–water partition coefficient (Wildman–Crippen LogP) is 5.06. The molecule has 4 aromatic rings. The fraction of sp³-hybridized carbons (Fsp3) is 0.185. The monoisotopic (exact) mass is 425 g/mol. The molecular formula is C27H27N3O2. The first-order valence-corrected chi connectivity index (χ1v) is 10.7. The van der Waals surface area contributed by atoms with Gasteiger partial charge in [0.1, 0.15) is 18.2 Å². The van der Waals surface area contributed by atoms with E-state index < -0.39 is 0 Å². The van der Waals surface area contributed by atoms with Gasteiger partial charge in [0.15, 0.2) is 0 Å². The van der Waals surface area contributed by atoms with Crippen molar-refractivity contribution in [3.8, 4) is 5.75 Å². The number of hydrogen-bond donors (Lipinski definition) is 1. The third kappa shape index (κ3) is 5.43. The number of para-hydroxylation sites is 2.